The number of aromatic nitrogens is 2. The molecule has 52 heavy (non-hydrogen) atoms. The maximum atomic E-state index is 6.32. The van der Waals surface area contributed by atoms with Crippen LogP contribution in [0.1, 0.15) is 33.4 Å². The van der Waals surface area contributed by atoms with E-state index in [0.29, 0.717) is 0 Å². The van der Waals surface area contributed by atoms with Gasteiger partial charge in [-0.25, -0.2) is 9.97 Å². The number of para-hydroxylation sites is 1. The molecule has 0 unspecified atom stereocenters. The lowest BCUT2D eigenvalue weighted by Crippen LogP contribution is -2.57. The molecule has 0 amide bonds. The average Bonchev–Trinajstić information content (AvgIpc) is 3.53. The van der Waals surface area contributed by atoms with E-state index in [2.05, 4.69) is 145 Å². The number of hydrogen-bond acceptors (Lipinski definition) is 3. The van der Waals surface area contributed by atoms with E-state index in [-0.39, 0.29) is 6.71 Å². The van der Waals surface area contributed by atoms with Gasteiger partial charge in [0.1, 0.15) is 11.1 Å². The van der Waals surface area contributed by atoms with Crippen LogP contribution in [0, 0.1) is 41.5 Å². The molecular formula is C48H39BN2O. The van der Waals surface area contributed by atoms with Crippen molar-refractivity contribution >= 4 is 67.1 Å². The predicted octanol–water partition coefficient (Wildman–Crippen LogP) is 10.4. The van der Waals surface area contributed by atoms with Crippen LogP contribution in [0.4, 0.5) is 0 Å². The van der Waals surface area contributed by atoms with Crippen molar-refractivity contribution < 1.29 is 4.42 Å². The molecule has 0 bridgehead atoms. The molecule has 0 N–H and O–H groups in total. The van der Waals surface area contributed by atoms with Crippen LogP contribution in [0.5, 0.6) is 0 Å². The first kappa shape index (κ1) is 31.9. The van der Waals surface area contributed by atoms with Crippen LogP contribution in [-0.4, -0.2) is 16.7 Å². The summed E-state index contributed by atoms with van der Waals surface area (Å²) in [6.07, 6.45) is 0. The van der Waals surface area contributed by atoms with Crippen molar-refractivity contribution in [3.63, 3.8) is 0 Å². The second-order valence-electron chi connectivity index (χ2n) is 14.4. The molecule has 250 valence electrons. The fourth-order valence-corrected chi connectivity index (χ4v) is 8.59. The standard InChI is InChI=1S/C48H39BN2O/c1-28-12-9-13-29(2)44(28)49(45-30(3)14-10-15-31(45)4)46-32(5)20-22-37(33(46)6)36-17-11-16-34(26-36)35-21-24-40-42(27-35)51-47-41(50-40)25-23-39-38-18-7-8-19-43(38)52-48(39)47/h7-27H,1-6H3. The van der Waals surface area contributed by atoms with Gasteiger partial charge in [0.2, 0.25) is 6.71 Å². The Morgan fingerprint density at radius 3 is 1.79 bits per heavy atom. The normalized spacial score (nSPS) is 11.7. The molecule has 4 heteroatoms. The molecule has 0 fully saturated rings. The third kappa shape index (κ3) is 5.13. The quantitative estimate of drug-likeness (QED) is 0.135. The van der Waals surface area contributed by atoms with E-state index in [0.717, 1.165) is 55.1 Å². The minimum absolute atomic E-state index is 0.123. The summed E-state index contributed by atoms with van der Waals surface area (Å²) in [6.45, 7) is 13.8. The Kier molecular flexibility index (Phi) is 7.59. The summed E-state index contributed by atoms with van der Waals surface area (Å²) >= 11 is 0. The van der Waals surface area contributed by atoms with Crippen molar-refractivity contribution in [3.05, 3.63) is 161 Å². The van der Waals surface area contributed by atoms with Gasteiger partial charge in [0, 0.05) is 10.8 Å². The highest BCUT2D eigenvalue weighted by Gasteiger charge is 2.31. The SMILES string of the molecule is Cc1cccc(C)c1B(c1c(C)cccc1C)c1c(C)ccc(-c2cccc(-c3ccc4nc5ccc6c7ccccc7oc6c5nc4c3)c2)c1C. The third-order valence-electron chi connectivity index (χ3n) is 11.1. The largest absolute Gasteiger partial charge is 0.454 e. The molecule has 0 aliphatic rings. The fourth-order valence-electron chi connectivity index (χ4n) is 8.59. The van der Waals surface area contributed by atoms with Crippen molar-refractivity contribution in [1.82, 2.24) is 9.97 Å². The molecule has 0 atom stereocenters. The van der Waals surface area contributed by atoms with E-state index < -0.39 is 0 Å². The number of fused-ring (bicyclic) bond motifs is 6. The smallest absolute Gasteiger partial charge is 0.243 e. The van der Waals surface area contributed by atoms with E-state index in [4.69, 9.17) is 14.4 Å². The van der Waals surface area contributed by atoms with Crippen LogP contribution < -0.4 is 16.4 Å². The van der Waals surface area contributed by atoms with E-state index in [1.54, 1.807) is 0 Å². The molecule has 2 heterocycles. The van der Waals surface area contributed by atoms with Crippen molar-refractivity contribution in [1.29, 1.82) is 0 Å². The Hall–Kier alpha value is -6.00. The van der Waals surface area contributed by atoms with Gasteiger partial charge < -0.3 is 4.42 Å². The van der Waals surface area contributed by atoms with Gasteiger partial charge in [-0.1, -0.05) is 135 Å². The maximum Gasteiger partial charge on any atom is 0.243 e. The van der Waals surface area contributed by atoms with E-state index in [1.165, 1.54) is 60.9 Å². The Labute approximate surface area is 305 Å². The zero-order valence-electron chi connectivity index (χ0n) is 30.5. The Morgan fingerprint density at radius 2 is 1.06 bits per heavy atom. The highest BCUT2D eigenvalue weighted by atomic mass is 16.3. The second kappa shape index (κ2) is 12.3. The predicted molar refractivity (Wildman–Crippen MR) is 221 cm³/mol. The maximum absolute atomic E-state index is 6.32. The van der Waals surface area contributed by atoms with Gasteiger partial charge in [0.25, 0.3) is 0 Å². The lowest BCUT2D eigenvalue weighted by Gasteiger charge is -2.27. The highest BCUT2D eigenvalue weighted by molar-refractivity contribution is 6.97. The van der Waals surface area contributed by atoms with Crippen LogP contribution in [0.25, 0.3) is 66.3 Å². The minimum atomic E-state index is 0.123. The summed E-state index contributed by atoms with van der Waals surface area (Å²) in [7, 11) is 0. The van der Waals surface area contributed by atoms with E-state index >= 15 is 0 Å². The summed E-state index contributed by atoms with van der Waals surface area (Å²) in [5.41, 5.74) is 21.8. The van der Waals surface area contributed by atoms with Gasteiger partial charge in [-0.15, -0.1) is 0 Å². The van der Waals surface area contributed by atoms with Crippen molar-refractivity contribution in [2.24, 2.45) is 0 Å². The summed E-state index contributed by atoms with van der Waals surface area (Å²) in [4.78, 5) is 10.1. The first-order valence-corrected chi connectivity index (χ1v) is 18.1. The summed E-state index contributed by atoms with van der Waals surface area (Å²) in [5, 5.41) is 2.15. The summed E-state index contributed by atoms with van der Waals surface area (Å²) < 4.78 is 6.32. The van der Waals surface area contributed by atoms with Crippen LogP contribution in [0.3, 0.4) is 0 Å². The average molecular weight is 671 g/mol. The Bertz CT molecular complexity index is 2790. The number of hydrogen-bond donors (Lipinski definition) is 0. The number of nitrogens with zero attached hydrogens (tertiary/aromatic N) is 2. The molecule has 0 saturated carbocycles. The first-order valence-electron chi connectivity index (χ1n) is 18.1. The number of furan rings is 1. The fraction of sp³-hybridized carbons (Fsp3) is 0.125. The summed E-state index contributed by atoms with van der Waals surface area (Å²) in [5.74, 6) is 0. The zero-order chi connectivity index (χ0) is 35.7. The molecule has 0 radical (unpaired) electrons. The van der Waals surface area contributed by atoms with Gasteiger partial charge in [-0.05, 0) is 106 Å². The van der Waals surface area contributed by atoms with E-state index in [1.807, 2.05) is 24.3 Å². The minimum Gasteiger partial charge on any atom is -0.454 e. The van der Waals surface area contributed by atoms with Gasteiger partial charge in [-0.2, -0.15) is 0 Å². The van der Waals surface area contributed by atoms with Gasteiger partial charge in [0.05, 0.1) is 16.6 Å². The van der Waals surface area contributed by atoms with Crippen LogP contribution in [-0.2, 0) is 0 Å². The Balaban J connectivity index is 1.18. The molecule has 0 aliphatic carbocycles. The molecular weight excluding hydrogens is 631 g/mol. The molecule has 0 spiro atoms. The third-order valence-corrected chi connectivity index (χ3v) is 11.1. The number of aryl methyl sites for hydroxylation is 5. The lowest BCUT2D eigenvalue weighted by atomic mass is 9.33. The lowest BCUT2D eigenvalue weighted by molar-refractivity contribution is 0.671. The monoisotopic (exact) mass is 670 g/mol. The van der Waals surface area contributed by atoms with Crippen LogP contribution in [0.15, 0.2) is 132 Å². The highest BCUT2D eigenvalue weighted by Crippen LogP contribution is 2.35. The molecule has 9 aromatic rings. The molecule has 0 saturated heterocycles. The van der Waals surface area contributed by atoms with E-state index in [9.17, 15) is 0 Å². The van der Waals surface area contributed by atoms with Crippen molar-refractivity contribution in [2.75, 3.05) is 0 Å². The molecule has 7 aromatic carbocycles. The topological polar surface area (TPSA) is 38.9 Å². The molecule has 9 rings (SSSR count). The molecule has 3 nitrogen and oxygen atoms in total. The summed E-state index contributed by atoms with van der Waals surface area (Å²) in [6, 6.07) is 45.6. The van der Waals surface area contributed by atoms with Crippen molar-refractivity contribution in [2.45, 2.75) is 41.5 Å². The van der Waals surface area contributed by atoms with Gasteiger partial charge in [0.15, 0.2) is 5.58 Å². The zero-order valence-corrected chi connectivity index (χ0v) is 30.5. The Morgan fingerprint density at radius 1 is 0.442 bits per heavy atom. The second-order valence-corrected chi connectivity index (χ2v) is 14.4. The van der Waals surface area contributed by atoms with Gasteiger partial charge in [-0.3, -0.25) is 0 Å². The molecule has 0 aliphatic heterocycles. The first-order chi connectivity index (χ1) is 25.3. The number of rotatable bonds is 5. The van der Waals surface area contributed by atoms with Gasteiger partial charge >= 0.3 is 0 Å². The van der Waals surface area contributed by atoms with Crippen molar-refractivity contribution in [3.8, 4) is 22.3 Å². The van der Waals surface area contributed by atoms with Crippen LogP contribution >= 0.6 is 0 Å². The van der Waals surface area contributed by atoms with Crippen LogP contribution in [0.2, 0.25) is 0 Å². The molecule has 2 aromatic heterocycles. The number of benzene rings is 7.